The number of fused-ring (bicyclic) bond motifs is 1. The van der Waals surface area contributed by atoms with Crippen molar-refractivity contribution in [3.63, 3.8) is 0 Å². The number of pyridine rings is 1. The topological polar surface area (TPSA) is 12.9 Å². The summed E-state index contributed by atoms with van der Waals surface area (Å²) >= 11 is 3.55. The average molecular weight is 404 g/mol. The van der Waals surface area contributed by atoms with Crippen LogP contribution in [0.4, 0.5) is 0 Å². The van der Waals surface area contributed by atoms with Crippen LogP contribution in [0.2, 0.25) is 0 Å². The zero-order chi connectivity index (χ0) is 17.7. The molecule has 25 heavy (non-hydrogen) atoms. The molecule has 0 aliphatic heterocycles. The number of nitrogens with zero attached hydrogens (tertiary/aromatic N) is 1. The third kappa shape index (κ3) is 7.90. The van der Waals surface area contributed by atoms with Gasteiger partial charge in [0, 0.05) is 11.1 Å². The first-order valence-electron chi connectivity index (χ1n) is 10.4. The molecular formula is C23H34BrN. The van der Waals surface area contributed by atoms with Crippen LogP contribution in [0, 0.1) is 0 Å². The largest absolute Gasteiger partial charge is 0.245 e. The average Bonchev–Trinajstić information content (AvgIpc) is 2.62. The zero-order valence-electron chi connectivity index (χ0n) is 15.9. The number of hydrogen-bond acceptors (Lipinski definition) is 1. The minimum atomic E-state index is 0.958. The summed E-state index contributed by atoms with van der Waals surface area (Å²) in [4.78, 5) is 4.71. The summed E-state index contributed by atoms with van der Waals surface area (Å²) in [6, 6.07) is 10.7. The Labute approximate surface area is 162 Å². The number of benzene rings is 1. The van der Waals surface area contributed by atoms with Gasteiger partial charge in [0.15, 0.2) is 0 Å². The molecule has 0 atom stereocenters. The first kappa shape index (κ1) is 20.4. The van der Waals surface area contributed by atoms with Crippen LogP contribution in [-0.2, 0) is 6.42 Å². The Morgan fingerprint density at radius 1 is 0.760 bits per heavy atom. The number of halogens is 1. The van der Waals surface area contributed by atoms with Crippen molar-refractivity contribution in [2.24, 2.45) is 0 Å². The van der Waals surface area contributed by atoms with E-state index in [1.54, 1.807) is 0 Å². The normalized spacial score (nSPS) is 11.3. The lowest BCUT2D eigenvalue weighted by molar-refractivity contribution is 0.543. The van der Waals surface area contributed by atoms with Crippen LogP contribution in [0.25, 0.3) is 10.8 Å². The molecule has 2 heteroatoms. The second kappa shape index (κ2) is 12.5. The van der Waals surface area contributed by atoms with E-state index in [0.29, 0.717) is 0 Å². The van der Waals surface area contributed by atoms with Crippen molar-refractivity contribution in [3.05, 3.63) is 40.6 Å². The second-order valence-corrected chi connectivity index (χ2v) is 8.06. The highest BCUT2D eigenvalue weighted by Crippen LogP contribution is 2.23. The highest BCUT2D eigenvalue weighted by molar-refractivity contribution is 9.10. The van der Waals surface area contributed by atoms with Crippen LogP contribution in [0.3, 0.4) is 0 Å². The summed E-state index contributed by atoms with van der Waals surface area (Å²) in [5.74, 6) is 0. The van der Waals surface area contributed by atoms with Crippen LogP contribution < -0.4 is 0 Å². The molecule has 2 aromatic rings. The molecule has 1 aromatic heterocycles. The highest BCUT2D eigenvalue weighted by atomic mass is 79.9. The predicted molar refractivity (Wildman–Crippen MR) is 114 cm³/mol. The summed E-state index contributed by atoms with van der Waals surface area (Å²) < 4.78 is 0.958. The Bertz CT molecular complexity index is 608. The summed E-state index contributed by atoms with van der Waals surface area (Å²) in [6.45, 7) is 2.29. The molecule has 0 aliphatic carbocycles. The van der Waals surface area contributed by atoms with Crippen LogP contribution in [-0.4, -0.2) is 4.98 Å². The number of unbranched alkanes of at least 4 members (excludes halogenated alkanes) is 11. The lowest BCUT2D eigenvalue weighted by atomic mass is 10.0. The monoisotopic (exact) mass is 403 g/mol. The zero-order valence-corrected chi connectivity index (χ0v) is 17.5. The minimum absolute atomic E-state index is 0.958. The van der Waals surface area contributed by atoms with Gasteiger partial charge in [-0.3, -0.25) is 0 Å². The first-order valence-corrected chi connectivity index (χ1v) is 11.1. The maximum atomic E-state index is 4.71. The molecule has 0 radical (unpaired) electrons. The Morgan fingerprint density at radius 3 is 1.96 bits per heavy atom. The quantitative estimate of drug-likeness (QED) is 0.242. The lowest BCUT2D eigenvalue weighted by Gasteiger charge is -2.07. The smallest absolute Gasteiger partial charge is 0.107 e. The van der Waals surface area contributed by atoms with Gasteiger partial charge in [-0.2, -0.15) is 0 Å². The summed E-state index contributed by atoms with van der Waals surface area (Å²) in [6.07, 6.45) is 17.9. The minimum Gasteiger partial charge on any atom is -0.245 e. The molecule has 0 bridgehead atoms. The Kier molecular flexibility index (Phi) is 10.2. The van der Waals surface area contributed by atoms with E-state index in [2.05, 4.69) is 53.2 Å². The van der Waals surface area contributed by atoms with E-state index in [4.69, 9.17) is 4.98 Å². The third-order valence-corrected chi connectivity index (χ3v) is 5.46. The summed E-state index contributed by atoms with van der Waals surface area (Å²) in [7, 11) is 0. The molecule has 0 saturated carbocycles. The van der Waals surface area contributed by atoms with Gasteiger partial charge in [0.25, 0.3) is 0 Å². The standard InChI is InChI=1S/C23H34BrN/c1-2-3-4-5-6-7-8-9-10-11-12-13-18-22-21-17-15-14-16-20(21)19-23(24)25-22/h14-17,19H,2-13,18H2,1H3. The molecule has 0 spiro atoms. The van der Waals surface area contributed by atoms with Crippen molar-refractivity contribution in [1.82, 2.24) is 4.98 Å². The van der Waals surface area contributed by atoms with Crippen LogP contribution in [0.1, 0.15) is 89.7 Å². The summed E-state index contributed by atoms with van der Waals surface area (Å²) in [5, 5.41) is 2.60. The van der Waals surface area contributed by atoms with Crippen LogP contribution in [0.15, 0.2) is 34.9 Å². The second-order valence-electron chi connectivity index (χ2n) is 7.25. The fourth-order valence-corrected chi connectivity index (χ4v) is 4.02. The van der Waals surface area contributed by atoms with E-state index in [9.17, 15) is 0 Å². The summed E-state index contributed by atoms with van der Waals surface area (Å²) in [5.41, 5.74) is 1.25. The van der Waals surface area contributed by atoms with Crippen molar-refractivity contribution in [2.75, 3.05) is 0 Å². The molecule has 0 N–H and O–H groups in total. The van der Waals surface area contributed by atoms with Gasteiger partial charge in [-0.1, -0.05) is 102 Å². The van der Waals surface area contributed by atoms with Gasteiger partial charge in [-0.05, 0) is 40.2 Å². The fraction of sp³-hybridized carbons (Fsp3) is 0.609. The molecule has 0 unspecified atom stereocenters. The van der Waals surface area contributed by atoms with Gasteiger partial charge in [-0.25, -0.2) is 4.98 Å². The van der Waals surface area contributed by atoms with Crippen molar-refractivity contribution < 1.29 is 0 Å². The Morgan fingerprint density at radius 2 is 1.32 bits per heavy atom. The number of hydrogen-bond donors (Lipinski definition) is 0. The molecule has 138 valence electrons. The molecule has 0 saturated heterocycles. The van der Waals surface area contributed by atoms with E-state index >= 15 is 0 Å². The van der Waals surface area contributed by atoms with Gasteiger partial charge < -0.3 is 0 Å². The lowest BCUT2D eigenvalue weighted by Crippen LogP contribution is -1.93. The number of aryl methyl sites for hydroxylation is 1. The van der Waals surface area contributed by atoms with Crippen LogP contribution in [0.5, 0.6) is 0 Å². The van der Waals surface area contributed by atoms with Gasteiger partial charge in [0.05, 0.1) is 0 Å². The van der Waals surface area contributed by atoms with E-state index in [-0.39, 0.29) is 0 Å². The Balaban J connectivity index is 1.55. The maximum absolute atomic E-state index is 4.71. The number of aromatic nitrogens is 1. The molecule has 2 rings (SSSR count). The number of rotatable bonds is 13. The van der Waals surface area contributed by atoms with Crippen molar-refractivity contribution >= 4 is 26.7 Å². The van der Waals surface area contributed by atoms with Gasteiger partial charge in [-0.15, -0.1) is 0 Å². The molecule has 1 nitrogen and oxygen atoms in total. The van der Waals surface area contributed by atoms with E-state index < -0.39 is 0 Å². The van der Waals surface area contributed by atoms with Crippen molar-refractivity contribution in [3.8, 4) is 0 Å². The van der Waals surface area contributed by atoms with Gasteiger partial charge in [0.2, 0.25) is 0 Å². The molecule has 1 aromatic carbocycles. The van der Waals surface area contributed by atoms with E-state index in [0.717, 1.165) is 11.0 Å². The molecule has 0 aliphatic rings. The van der Waals surface area contributed by atoms with Crippen LogP contribution >= 0.6 is 15.9 Å². The molecule has 0 fully saturated rings. The third-order valence-electron chi connectivity index (χ3n) is 5.06. The highest BCUT2D eigenvalue weighted by Gasteiger charge is 2.04. The van der Waals surface area contributed by atoms with E-state index in [1.165, 1.54) is 93.5 Å². The van der Waals surface area contributed by atoms with Gasteiger partial charge in [0.1, 0.15) is 4.60 Å². The van der Waals surface area contributed by atoms with Crippen molar-refractivity contribution in [1.29, 1.82) is 0 Å². The molecule has 1 heterocycles. The molecular weight excluding hydrogens is 370 g/mol. The SMILES string of the molecule is CCCCCCCCCCCCCCc1nc(Br)cc2ccccc12. The van der Waals surface area contributed by atoms with E-state index in [1.807, 2.05) is 0 Å². The van der Waals surface area contributed by atoms with Crippen molar-refractivity contribution in [2.45, 2.75) is 90.4 Å². The van der Waals surface area contributed by atoms with Gasteiger partial charge >= 0.3 is 0 Å². The first-order chi connectivity index (χ1) is 12.3. The predicted octanol–water partition coefficient (Wildman–Crippen LogP) is 8.24. The molecule has 0 amide bonds. The fourth-order valence-electron chi connectivity index (χ4n) is 3.56. The Hall–Kier alpha value is -0.890. The maximum Gasteiger partial charge on any atom is 0.107 e.